The van der Waals surface area contributed by atoms with E-state index < -0.39 is 5.54 Å². The summed E-state index contributed by atoms with van der Waals surface area (Å²) in [6, 6.07) is 0. The van der Waals surface area contributed by atoms with Crippen LogP contribution in [0.25, 0.3) is 0 Å². The van der Waals surface area contributed by atoms with Crippen LogP contribution in [0.4, 0.5) is 0 Å². The summed E-state index contributed by atoms with van der Waals surface area (Å²) >= 11 is 0. The molecule has 0 amide bonds. The molecule has 10 heteroatoms. The smallest absolute Gasteiger partial charge is 0.163 e. The molecule has 51 heavy (non-hydrogen) atoms. The number of nitrogens with one attached hydrogen (secondary N) is 1. The van der Waals surface area contributed by atoms with Crippen LogP contribution in [0.3, 0.4) is 0 Å². The minimum absolute atomic E-state index is 0.106. The van der Waals surface area contributed by atoms with Gasteiger partial charge in [-0.3, -0.25) is 0 Å². The Kier molecular flexibility index (Phi) is 19.1. The van der Waals surface area contributed by atoms with Crippen LogP contribution in [-0.4, -0.2) is 89.5 Å². The Labute approximate surface area is 312 Å². The van der Waals surface area contributed by atoms with Crippen molar-refractivity contribution >= 4 is 0 Å². The third kappa shape index (κ3) is 12.3. The van der Waals surface area contributed by atoms with Crippen molar-refractivity contribution < 1.29 is 42.6 Å². The van der Waals surface area contributed by atoms with E-state index in [1.54, 1.807) is 0 Å². The highest BCUT2D eigenvalue weighted by molar-refractivity contribution is 4.89. The second-order valence-corrected chi connectivity index (χ2v) is 17.0. The molecule has 3 aliphatic rings. The van der Waals surface area contributed by atoms with Gasteiger partial charge in [-0.25, -0.2) is 0 Å². The van der Waals surface area contributed by atoms with Gasteiger partial charge in [0.2, 0.25) is 0 Å². The van der Waals surface area contributed by atoms with Crippen molar-refractivity contribution in [3.8, 4) is 0 Å². The third-order valence-electron chi connectivity index (χ3n) is 13.1. The second-order valence-electron chi connectivity index (χ2n) is 17.0. The van der Waals surface area contributed by atoms with Crippen molar-refractivity contribution in [2.24, 2.45) is 59.2 Å². The lowest BCUT2D eigenvalue weighted by molar-refractivity contribution is -0.285. The Morgan fingerprint density at radius 1 is 0.471 bits per heavy atom. The van der Waals surface area contributed by atoms with Gasteiger partial charge in [0.15, 0.2) is 18.9 Å². The van der Waals surface area contributed by atoms with Gasteiger partial charge >= 0.3 is 0 Å². The van der Waals surface area contributed by atoms with E-state index in [4.69, 9.17) is 42.6 Å². The maximum absolute atomic E-state index is 6.37. The Hall–Kier alpha value is -0.400. The topological polar surface area (TPSA) is 95.1 Å². The Balaban J connectivity index is 1.66. The number of rotatable bonds is 21. The number of hydrogen-bond acceptors (Lipinski definition) is 10. The fraction of sp³-hybridized carbons (Fsp3) is 1.00. The largest absolute Gasteiger partial charge is 0.353 e. The van der Waals surface area contributed by atoms with Gasteiger partial charge in [-0.15, -0.1) is 0 Å². The molecule has 0 aliphatic carbocycles. The molecule has 0 aromatic rings. The highest BCUT2D eigenvalue weighted by Gasteiger charge is 2.42. The molecule has 0 bridgehead atoms. The quantitative estimate of drug-likeness (QED) is 0.0924. The predicted molar refractivity (Wildman–Crippen MR) is 201 cm³/mol. The van der Waals surface area contributed by atoms with Crippen LogP contribution in [0.2, 0.25) is 0 Å². The first kappa shape index (κ1) is 45.0. The summed E-state index contributed by atoms with van der Waals surface area (Å²) in [6.45, 7) is 33.2. The molecular formula is C41H79NO9. The molecule has 0 aromatic heterocycles. The first-order valence-electron chi connectivity index (χ1n) is 20.5. The number of ether oxygens (including phenoxy) is 9. The molecule has 3 heterocycles. The summed E-state index contributed by atoms with van der Waals surface area (Å²) in [5.74, 6) is 4.13. The van der Waals surface area contributed by atoms with Crippen LogP contribution in [0.5, 0.6) is 0 Å². The summed E-state index contributed by atoms with van der Waals surface area (Å²) in [5, 5.41) is 3.73. The summed E-state index contributed by atoms with van der Waals surface area (Å²) in [6.07, 6.45) is 2.50. The van der Waals surface area contributed by atoms with E-state index in [0.29, 0.717) is 61.2 Å². The normalized spacial score (nSPS) is 40.4. The van der Waals surface area contributed by atoms with Gasteiger partial charge in [0, 0.05) is 17.8 Å². The SMILES string of the molecule is CCC1O[C@H](OCOCC(COCO[C@H]2OC(CC)[C@@H](C)C(C)[C@H]2C)(COCO[C@H]2OC(CC)[C@@H](C)C(C)[C@H]2C)NCC(C)C)[C@H](C)C(C)[C@@H]1C. The van der Waals surface area contributed by atoms with E-state index >= 15 is 0 Å². The zero-order valence-electron chi connectivity index (χ0n) is 35.0. The van der Waals surface area contributed by atoms with Gasteiger partial charge in [-0.05, 0) is 67.2 Å². The molecule has 3 fully saturated rings. The van der Waals surface area contributed by atoms with Crippen molar-refractivity contribution in [2.45, 2.75) is 159 Å². The average molecular weight is 730 g/mol. The molecule has 1 N–H and O–H groups in total. The molecule has 0 aromatic carbocycles. The van der Waals surface area contributed by atoms with Crippen molar-refractivity contribution in [3.63, 3.8) is 0 Å². The van der Waals surface area contributed by atoms with Crippen LogP contribution < -0.4 is 5.32 Å². The van der Waals surface area contributed by atoms with E-state index in [9.17, 15) is 0 Å². The van der Waals surface area contributed by atoms with Gasteiger partial charge in [0.05, 0.1) is 43.7 Å². The van der Waals surface area contributed by atoms with Crippen LogP contribution >= 0.6 is 0 Å². The lowest BCUT2D eigenvalue weighted by atomic mass is 9.78. The Bertz CT molecular complexity index is 843. The van der Waals surface area contributed by atoms with Gasteiger partial charge < -0.3 is 47.9 Å². The van der Waals surface area contributed by atoms with Gasteiger partial charge in [0.1, 0.15) is 20.4 Å². The molecule has 302 valence electrons. The van der Waals surface area contributed by atoms with Crippen LogP contribution in [-0.2, 0) is 42.6 Å². The van der Waals surface area contributed by atoms with Crippen molar-refractivity contribution in [1.82, 2.24) is 5.32 Å². The predicted octanol–water partition coefficient (Wildman–Crippen LogP) is 8.07. The first-order valence-corrected chi connectivity index (χ1v) is 20.5. The van der Waals surface area contributed by atoms with Gasteiger partial charge in [0.25, 0.3) is 0 Å². The standard InChI is InChI=1S/C41H79NO9/c1-15-35-29(9)26(6)32(12)38(49-35)46-22-43-19-41(42-18-25(4)5,20-44-23-47-39-33(13)27(7)30(10)36(16-2)50-39)21-45-24-48-40-34(14)28(8)31(11)37(17-3)51-40/h25-40,42H,15-24H2,1-14H3/t26?,27?,28?,29-,30-,31-,32+,33+,34+,35?,36?,37?,38-,39-,40-,41?/m0/s1. The van der Waals surface area contributed by atoms with Gasteiger partial charge in [-0.2, -0.15) is 0 Å². The average Bonchev–Trinajstić information content (AvgIpc) is 3.12. The fourth-order valence-corrected chi connectivity index (χ4v) is 8.19. The maximum atomic E-state index is 6.37. The highest BCUT2D eigenvalue weighted by atomic mass is 16.8. The van der Waals surface area contributed by atoms with E-state index in [0.717, 1.165) is 25.8 Å². The van der Waals surface area contributed by atoms with Crippen molar-refractivity contribution in [3.05, 3.63) is 0 Å². The molecule has 0 radical (unpaired) electrons. The van der Waals surface area contributed by atoms with Crippen molar-refractivity contribution in [2.75, 3.05) is 46.7 Å². The summed E-state index contributed by atoms with van der Waals surface area (Å²) in [4.78, 5) is 0. The lowest BCUT2D eigenvalue weighted by Gasteiger charge is -2.43. The van der Waals surface area contributed by atoms with Crippen LogP contribution in [0, 0.1) is 59.2 Å². The lowest BCUT2D eigenvalue weighted by Crippen LogP contribution is -2.58. The zero-order chi connectivity index (χ0) is 37.9. The summed E-state index contributed by atoms with van der Waals surface area (Å²) in [7, 11) is 0. The monoisotopic (exact) mass is 730 g/mol. The summed E-state index contributed by atoms with van der Waals surface area (Å²) in [5.41, 5.74) is -0.688. The molecule has 0 spiro atoms. The second kappa shape index (κ2) is 21.6. The molecular weight excluding hydrogens is 650 g/mol. The Morgan fingerprint density at radius 3 is 1.02 bits per heavy atom. The first-order chi connectivity index (χ1) is 24.2. The molecule has 3 saturated heterocycles. The van der Waals surface area contributed by atoms with E-state index in [2.05, 4.69) is 102 Å². The molecule has 0 saturated carbocycles. The molecule has 6 unspecified atom stereocenters. The molecule has 3 aliphatic heterocycles. The Morgan fingerprint density at radius 2 is 0.765 bits per heavy atom. The van der Waals surface area contributed by atoms with Gasteiger partial charge in [-0.1, -0.05) is 96.9 Å². The van der Waals surface area contributed by atoms with E-state index in [1.807, 2.05) is 0 Å². The zero-order valence-corrected chi connectivity index (χ0v) is 35.0. The minimum atomic E-state index is -0.688. The van der Waals surface area contributed by atoms with E-state index in [1.165, 1.54) is 0 Å². The van der Waals surface area contributed by atoms with Crippen LogP contribution in [0.1, 0.15) is 116 Å². The summed E-state index contributed by atoms with van der Waals surface area (Å²) < 4.78 is 56.7. The van der Waals surface area contributed by atoms with Crippen molar-refractivity contribution in [1.29, 1.82) is 0 Å². The third-order valence-corrected chi connectivity index (χ3v) is 13.1. The minimum Gasteiger partial charge on any atom is -0.353 e. The van der Waals surface area contributed by atoms with E-state index in [-0.39, 0.29) is 75.3 Å². The number of hydrogen-bond donors (Lipinski definition) is 1. The molecule has 3 rings (SSSR count). The van der Waals surface area contributed by atoms with Crippen LogP contribution in [0.15, 0.2) is 0 Å². The maximum Gasteiger partial charge on any atom is 0.163 e. The fourth-order valence-electron chi connectivity index (χ4n) is 8.19. The molecule has 15 atom stereocenters. The molecule has 10 nitrogen and oxygen atoms in total. The highest BCUT2D eigenvalue weighted by Crippen LogP contribution is 2.39.